The molecule has 1 saturated heterocycles. The van der Waals surface area contributed by atoms with Gasteiger partial charge in [0.25, 0.3) is 0 Å². The molecule has 0 aliphatic carbocycles. The number of hydrogen-bond donors (Lipinski definition) is 0. The monoisotopic (exact) mass is 243 g/mol. The summed E-state index contributed by atoms with van der Waals surface area (Å²) in [5.74, 6) is 0. The molecule has 0 bridgehead atoms. The standard InChI is InChI=1S/C9H13N3O3S/c1-16(13,14)9-8(2-3-10-11-9)12-4-6-15-7-5-12/h2-3H,4-7H2,1H3. The fourth-order valence-corrected chi connectivity index (χ4v) is 2.39. The molecule has 0 aromatic carbocycles. The van der Waals surface area contributed by atoms with E-state index < -0.39 is 9.84 Å². The largest absolute Gasteiger partial charge is 0.378 e. The molecule has 2 heterocycles. The minimum absolute atomic E-state index is 0.0388. The van der Waals surface area contributed by atoms with Crippen LogP contribution >= 0.6 is 0 Å². The molecule has 0 amide bonds. The molecule has 6 nitrogen and oxygen atoms in total. The molecule has 1 aromatic heterocycles. The van der Waals surface area contributed by atoms with E-state index in [1.165, 1.54) is 6.20 Å². The first-order valence-electron chi connectivity index (χ1n) is 4.93. The third-order valence-corrected chi connectivity index (χ3v) is 3.36. The maximum atomic E-state index is 11.5. The Hall–Kier alpha value is -1.21. The summed E-state index contributed by atoms with van der Waals surface area (Å²) in [7, 11) is -3.34. The van der Waals surface area contributed by atoms with Crippen LogP contribution in [-0.2, 0) is 14.6 Å². The first-order valence-corrected chi connectivity index (χ1v) is 6.82. The Bertz CT molecular complexity index is 469. The van der Waals surface area contributed by atoms with Crippen LogP contribution in [0.3, 0.4) is 0 Å². The van der Waals surface area contributed by atoms with Crippen LogP contribution in [0.5, 0.6) is 0 Å². The summed E-state index contributed by atoms with van der Waals surface area (Å²) in [6.45, 7) is 2.56. The van der Waals surface area contributed by atoms with Crippen LogP contribution in [0.25, 0.3) is 0 Å². The Balaban J connectivity index is 2.40. The SMILES string of the molecule is CS(=O)(=O)c1nnccc1N1CCOCC1. The Morgan fingerprint density at radius 3 is 2.69 bits per heavy atom. The minimum atomic E-state index is -3.34. The van der Waals surface area contributed by atoms with Gasteiger partial charge >= 0.3 is 0 Å². The second-order valence-corrected chi connectivity index (χ2v) is 5.52. The number of rotatable bonds is 2. The lowest BCUT2D eigenvalue weighted by atomic mass is 10.3. The molecule has 1 aromatic rings. The van der Waals surface area contributed by atoms with Gasteiger partial charge in [-0.1, -0.05) is 0 Å². The van der Waals surface area contributed by atoms with Gasteiger partial charge in [0.2, 0.25) is 5.03 Å². The summed E-state index contributed by atoms with van der Waals surface area (Å²) in [5, 5.41) is 7.36. The van der Waals surface area contributed by atoms with E-state index >= 15 is 0 Å². The predicted octanol–water partition coefficient (Wildman–Crippen LogP) is -0.283. The molecule has 88 valence electrons. The lowest BCUT2D eigenvalue weighted by molar-refractivity contribution is 0.122. The molecule has 0 radical (unpaired) electrons. The van der Waals surface area contributed by atoms with Gasteiger partial charge in [0.05, 0.1) is 25.1 Å². The van der Waals surface area contributed by atoms with Crippen LogP contribution in [0.15, 0.2) is 17.3 Å². The fourth-order valence-electron chi connectivity index (χ4n) is 1.62. The summed E-state index contributed by atoms with van der Waals surface area (Å²) in [6, 6.07) is 1.68. The normalized spacial score (nSPS) is 17.4. The maximum absolute atomic E-state index is 11.5. The topological polar surface area (TPSA) is 72.4 Å². The van der Waals surface area contributed by atoms with Crippen molar-refractivity contribution < 1.29 is 13.2 Å². The highest BCUT2D eigenvalue weighted by Crippen LogP contribution is 2.22. The zero-order valence-corrected chi connectivity index (χ0v) is 9.77. The van der Waals surface area contributed by atoms with Gasteiger partial charge in [0.15, 0.2) is 9.84 Å². The summed E-state index contributed by atoms with van der Waals surface area (Å²) in [4.78, 5) is 1.95. The van der Waals surface area contributed by atoms with Crippen molar-refractivity contribution in [3.8, 4) is 0 Å². The summed E-state index contributed by atoms with van der Waals surface area (Å²) >= 11 is 0. The van der Waals surface area contributed by atoms with Crippen LogP contribution in [0.4, 0.5) is 5.69 Å². The van der Waals surface area contributed by atoms with E-state index in [9.17, 15) is 8.42 Å². The first-order chi connectivity index (χ1) is 7.59. The van der Waals surface area contributed by atoms with E-state index in [0.29, 0.717) is 32.0 Å². The maximum Gasteiger partial charge on any atom is 0.200 e. The van der Waals surface area contributed by atoms with Crippen molar-refractivity contribution >= 4 is 15.5 Å². The molecule has 16 heavy (non-hydrogen) atoms. The number of morpholine rings is 1. The van der Waals surface area contributed by atoms with Gasteiger partial charge in [0, 0.05) is 19.3 Å². The van der Waals surface area contributed by atoms with E-state index in [4.69, 9.17) is 4.74 Å². The Morgan fingerprint density at radius 1 is 1.38 bits per heavy atom. The van der Waals surface area contributed by atoms with Crippen molar-refractivity contribution in [2.45, 2.75) is 5.03 Å². The molecule has 0 N–H and O–H groups in total. The average molecular weight is 243 g/mol. The van der Waals surface area contributed by atoms with E-state index in [1.54, 1.807) is 6.07 Å². The van der Waals surface area contributed by atoms with Crippen LogP contribution in [-0.4, -0.2) is 51.2 Å². The van der Waals surface area contributed by atoms with E-state index in [2.05, 4.69) is 10.2 Å². The number of sulfone groups is 1. The van der Waals surface area contributed by atoms with Crippen LogP contribution in [0.2, 0.25) is 0 Å². The third-order valence-electron chi connectivity index (χ3n) is 2.37. The summed E-state index contributed by atoms with van der Waals surface area (Å²) < 4.78 is 28.3. The summed E-state index contributed by atoms with van der Waals surface area (Å²) in [5.41, 5.74) is 0.612. The molecule has 1 aliphatic rings. The van der Waals surface area contributed by atoms with Gasteiger partial charge in [-0.3, -0.25) is 0 Å². The van der Waals surface area contributed by atoms with E-state index in [0.717, 1.165) is 6.26 Å². The second kappa shape index (κ2) is 4.34. The Labute approximate surface area is 94.2 Å². The number of anilines is 1. The zero-order valence-electron chi connectivity index (χ0n) is 8.96. The number of ether oxygens (including phenoxy) is 1. The van der Waals surface area contributed by atoms with Gasteiger partial charge in [-0.25, -0.2) is 8.42 Å². The molecule has 7 heteroatoms. The molecule has 0 unspecified atom stereocenters. The van der Waals surface area contributed by atoms with Gasteiger partial charge in [-0.15, -0.1) is 5.10 Å². The van der Waals surface area contributed by atoms with Crippen molar-refractivity contribution in [3.05, 3.63) is 12.3 Å². The smallest absolute Gasteiger partial charge is 0.200 e. The number of aromatic nitrogens is 2. The molecule has 0 saturated carbocycles. The van der Waals surface area contributed by atoms with Gasteiger partial charge < -0.3 is 9.64 Å². The molecule has 0 atom stereocenters. The second-order valence-electron chi connectivity index (χ2n) is 3.59. The molecule has 1 fully saturated rings. The lowest BCUT2D eigenvalue weighted by Crippen LogP contribution is -2.37. The van der Waals surface area contributed by atoms with Gasteiger partial charge in [0.1, 0.15) is 0 Å². The quantitative estimate of drug-likeness (QED) is 0.711. The van der Waals surface area contributed by atoms with Crippen LogP contribution in [0.1, 0.15) is 0 Å². The lowest BCUT2D eigenvalue weighted by Gasteiger charge is -2.29. The molecule has 1 aliphatic heterocycles. The van der Waals surface area contributed by atoms with Crippen molar-refractivity contribution in [2.24, 2.45) is 0 Å². The first kappa shape index (κ1) is 11.3. The molecular weight excluding hydrogens is 230 g/mol. The van der Waals surface area contributed by atoms with Crippen molar-refractivity contribution in [1.82, 2.24) is 10.2 Å². The highest BCUT2D eigenvalue weighted by molar-refractivity contribution is 7.90. The highest BCUT2D eigenvalue weighted by atomic mass is 32.2. The van der Waals surface area contributed by atoms with Gasteiger partial charge in [-0.2, -0.15) is 5.10 Å². The number of hydrogen-bond acceptors (Lipinski definition) is 6. The van der Waals surface area contributed by atoms with Crippen molar-refractivity contribution in [3.63, 3.8) is 0 Å². The average Bonchev–Trinajstić information content (AvgIpc) is 2.29. The van der Waals surface area contributed by atoms with Crippen molar-refractivity contribution in [1.29, 1.82) is 0 Å². The molecule has 0 spiro atoms. The van der Waals surface area contributed by atoms with Gasteiger partial charge in [-0.05, 0) is 6.07 Å². The molecular formula is C9H13N3O3S. The van der Waals surface area contributed by atoms with E-state index in [-0.39, 0.29) is 5.03 Å². The predicted molar refractivity (Wildman–Crippen MR) is 58.2 cm³/mol. The Morgan fingerprint density at radius 2 is 2.06 bits per heavy atom. The molecule has 2 rings (SSSR count). The zero-order chi connectivity index (χ0) is 11.6. The van der Waals surface area contributed by atoms with Crippen LogP contribution < -0.4 is 4.90 Å². The summed E-state index contributed by atoms with van der Waals surface area (Å²) in [6.07, 6.45) is 2.64. The highest BCUT2D eigenvalue weighted by Gasteiger charge is 2.21. The van der Waals surface area contributed by atoms with Crippen LogP contribution in [0, 0.1) is 0 Å². The van der Waals surface area contributed by atoms with E-state index in [1.807, 2.05) is 4.90 Å². The van der Waals surface area contributed by atoms with Crippen molar-refractivity contribution in [2.75, 3.05) is 37.5 Å². The third kappa shape index (κ3) is 2.30. The minimum Gasteiger partial charge on any atom is -0.378 e. The fraction of sp³-hybridized carbons (Fsp3) is 0.556. The number of nitrogens with zero attached hydrogens (tertiary/aromatic N) is 3. The Kier molecular flexibility index (Phi) is 3.06.